The van der Waals surface area contributed by atoms with Crippen molar-refractivity contribution in [1.29, 1.82) is 0 Å². The van der Waals surface area contributed by atoms with Crippen LogP contribution < -0.4 is 4.90 Å². The van der Waals surface area contributed by atoms with Crippen LogP contribution in [-0.2, 0) is 0 Å². The lowest BCUT2D eigenvalue weighted by atomic mass is 10.0. The number of thiazole rings is 1. The van der Waals surface area contributed by atoms with Crippen LogP contribution in [0.15, 0.2) is 0 Å². The van der Waals surface area contributed by atoms with Crippen LogP contribution in [0.3, 0.4) is 0 Å². The fraction of sp³-hybridized carbons (Fsp3) is 0.750. The van der Waals surface area contributed by atoms with Crippen LogP contribution in [0.25, 0.3) is 0 Å². The first-order valence-electron chi connectivity index (χ1n) is 6.01. The minimum atomic E-state index is 0.725. The van der Waals surface area contributed by atoms with E-state index in [9.17, 15) is 0 Å². The molecule has 16 heavy (non-hydrogen) atoms. The number of aromatic nitrogens is 1. The van der Waals surface area contributed by atoms with Gasteiger partial charge in [0.05, 0.1) is 5.69 Å². The summed E-state index contributed by atoms with van der Waals surface area (Å²) in [5, 5.41) is 1.27. The number of aryl methyl sites for hydroxylation is 2. The Balaban J connectivity index is 1.90. The smallest absolute Gasteiger partial charge is 0.186 e. The Hall–Kier alpha value is -0.0900. The van der Waals surface area contributed by atoms with Crippen molar-refractivity contribution >= 4 is 32.4 Å². The molecule has 4 heteroatoms. The van der Waals surface area contributed by atoms with Gasteiger partial charge in [-0.05, 0) is 39.5 Å². The molecule has 2 aliphatic heterocycles. The minimum Gasteiger partial charge on any atom is -0.342 e. The van der Waals surface area contributed by atoms with Crippen LogP contribution >= 0.6 is 27.3 Å². The molecule has 2 nitrogen and oxygen atoms in total. The van der Waals surface area contributed by atoms with E-state index in [0.29, 0.717) is 0 Å². The van der Waals surface area contributed by atoms with Gasteiger partial charge in [0, 0.05) is 21.8 Å². The van der Waals surface area contributed by atoms with Crippen LogP contribution in [0.5, 0.6) is 0 Å². The molecule has 2 bridgehead atoms. The first-order valence-corrected chi connectivity index (χ1v) is 7.75. The average Bonchev–Trinajstić information content (AvgIpc) is 2.67. The second-order valence-corrected chi connectivity index (χ2v) is 7.48. The molecule has 1 aromatic heterocycles. The zero-order valence-corrected chi connectivity index (χ0v) is 12.1. The summed E-state index contributed by atoms with van der Waals surface area (Å²) < 4.78 is 0. The van der Waals surface area contributed by atoms with E-state index in [1.54, 1.807) is 0 Å². The lowest BCUT2D eigenvalue weighted by Gasteiger charge is -2.37. The van der Waals surface area contributed by atoms with Crippen molar-refractivity contribution in [3.63, 3.8) is 0 Å². The topological polar surface area (TPSA) is 16.1 Å². The summed E-state index contributed by atoms with van der Waals surface area (Å²) in [5.74, 6) is 0. The quantitative estimate of drug-likeness (QED) is 0.736. The third kappa shape index (κ3) is 1.70. The molecule has 88 valence electrons. The minimum absolute atomic E-state index is 0.725. The van der Waals surface area contributed by atoms with Gasteiger partial charge in [0.1, 0.15) is 0 Å². The number of hydrogen-bond donors (Lipinski definition) is 0. The molecule has 1 aromatic rings. The van der Waals surface area contributed by atoms with E-state index in [1.165, 1.54) is 41.4 Å². The molecule has 0 aromatic carbocycles. The Morgan fingerprint density at radius 1 is 1.25 bits per heavy atom. The molecule has 3 rings (SSSR count). The summed E-state index contributed by atoms with van der Waals surface area (Å²) in [6, 6.07) is 1.46. The van der Waals surface area contributed by atoms with Crippen molar-refractivity contribution in [2.45, 2.75) is 56.4 Å². The Morgan fingerprint density at radius 3 is 2.38 bits per heavy atom. The Kier molecular flexibility index (Phi) is 2.75. The number of rotatable bonds is 1. The number of halogens is 1. The standard InChI is InChI=1S/C12H17BrN2S/c1-7-8(2)16-12(14-7)15-10-3-4-11(15)6-9(13)5-10/h9-11H,3-6H2,1-2H3. The molecule has 2 atom stereocenters. The van der Waals surface area contributed by atoms with E-state index in [-0.39, 0.29) is 0 Å². The number of alkyl halides is 1. The predicted octanol–water partition coefficient (Wildman–Crippen LogP) is 3.65. The van der Waals surface area contributed by atoms with Crippen molar-refractivity contribution < 1.29 is 0 Å². The molecule has 2 saturated heterocycles. The van der Waals surface area contributed by atoms with Crippen molar-refractivity contribution in [3.8, 4) is 0 Å². The first-order chi connectivity index (χ1) is 7.65. The first kappa shape index (κ1) is 11.0. The number of hydrogen-bond acceptors (Lipinski definition) is 3. The second kappa shape index (κ2) is 3.98. The number of nitrogens with zero attached hydrogens (tertiary/aromatic N) is 2. The van der Waals surface area contributed by atoms with E-state index in [0.717, 1.165) is 16.9 Å². The fourth-order valence-corrected chi connectivity index (χ4v) is 4.91. The number of piperidine rings is 1. The molecular weight excluding hydrogens is 284 g/mol. The Bertz CT molecular complexity index is 370. The highest BCUT2D eigenvalue weighted by Crippen LogP contribution is 2.42. The summed E-state index contributed by atoms with van der Waals surface area (Å²) in [5.41, 5.74) is 1.21. The van der Waals surface area contributed by atoms with Crippen LogP contribution in [-0.4, -0.2) is 21.9 Å². The molecule has 3 heterocycles. The molecule has 0 spiro atoms. The SMILES string of the molecule is Cc1nc(N2C3CCC2CC(Br)C3)sc1C. The highest BCUT2D eigenvalue weighted by atomic mass is 79.9. The second-order valence-electron chi connectivity index (χ2n) is 5.00. The van der Waals surface area contributed by atoms with E-state index < -0.39 is 0 Å². The Labute approximate surface area is 109 Å². The highest BCUT2D eigenvalue weighted by molar-refractivity contribution is 9.09. The van der Waals surface area contributed by atoms with Gasteiger partial charge in [0.25, 0.3) is 0 Å². The summed E-state index contributed by atoms with van der Waals surface area (Å²) in [4.78, 5) is 9.42. The zero-order chi connectivity index (χ0) is 11.3. The number of anilines is 1. The molecule has 2 fully saturated rings. The van der Waals surface area contributed by atoms with Gasteiger partial charge in [0.2, 0.25) is 0 Å². The van der Waals surface area contributed by atoms with Gasteiger partial charge in [-0.3, -0.25) is 0 Å². The summed E-state index contributed by atoms with van der Waals surface area (Å²) >= 11 is 5.65. The normalized spacial score (nSPS) is 33.4. The van der Waals surface area contributed by atoms with Crippen molar-refractivity contribution in [1.82, 2.24) is 4.98 Å². The lowest BCUT2D eigenvalue weighted by molar-refractivity contribution is 0.482. The highest BCUT2D eigenvalue weighted by Gasteiger charge is 2.41. The van der Waals surface area contributed by atoms with Gasteiger partial charge in [-0.2, -0.15) is 0 Å². The molecule has 0 aliphatic carbocycles. The fourth-order valence-electron chi connectivity index (χ4n) is 2.99. The van der Waals surface area contributed by atoms with Gasteiger partial charge < -0.3 is 4.90 Å². The molecule has 2 unspecified atom stereocenters. The molecular formula is C12H17BrN2S. The molecule has 0 amide bonds. The van der Waals surface area contributed by atoms with Gasteiger partial charge in [-0.15, -0.1) is 11.3 Å². The summed E-state index contributed by atoms with van der Waals surface area (Å²) in [6.45, 7) is 4.30. The van der Waals surface area contributed by atoms with Gasteiger partial charge in [-0.25, -0.2) is 4.98 Å². The van der Waals surface area contributed by atoms with Crippen LogP contribution in [0.2, 0.25) is 0 Å². The maximum Gasteiger partial charge on any atom is 0.186 e. The largest absolute Gasteiger partial charge is 0.342 e. The third-order valence-corrected chi connectivity index (χ3v) is 5.75. The van der Waals surface area contributed by atoms with E-state index in [4.69, 9.17) is 4.98 Å². The number of fused-ring (bicyclic) bond motifs is 2. The maximum atomic E-state index is 4.73. The Morgan fingerprint density at radius 2 is 1.88 bits per heavy atom. The summed E-state index contributed by atoms with van der Waals surface area (Å²) in [6.07, 6.45) is 5.28. The van der Waals surface area contributed by atoms with Crippen molar-refractivity contribution in [2.75, 3.05) is 4.90 Å². The van der Waals surface area contributed by atoms with Crippen LogP contribution in [0.4, 0.5) is 5.13 Å². The van der Waals surface area contributed by atoms with Crippen LogP contribution in [0.1, 0.15) is 36.3 Å². The van der Waals surface area contributed by atoms with E-state index in [2.05, 4.69) is 34.7 Å². The maximum absolute atomic E-state index is 4.73. The van der Waals surface area contributed by atoms with Crippen molar-refractivity contribution in [2.24, 2.45) is 0 Å². The van der Waals surface area contributed by atoms with Crippen LogP contribution in [0, 0.1) is 13.8 Å². The van der Waals surface area contributed by atoms with Gasteiger partial charge in [-0.1, -0.05) is 15.9 Å². The molecule has 2 aliphatic rings. The van der Waals surface area contributed by atoms with Gasteiger partial charge >= 0.3 is 0 Å². The van der Waals surface area contributed by atoms with Crippen molar-refractivity contribution in [3.05, 3.63) is 10.6 Å². The zero-order valence-electron chi connectivity index (χ0n) is 9.74. The predicted molar refractivity (Wildman–Crippen MR) is 72.8 cm³/mol. The average molecular weight is 301 g/mol. The lowest BCUT2D eigenvalue weighted by Crippen LogP contribution is -2.43. The molecule has 0 radical (unpaired) electrons. The third-order valence-electron chi connectivity index (χ3n) is 3.91. The van der Waals surface area contributed by atoms with Gasteiger partial charge in [0.15, 0.2) is 5.13 Å². The van der Waals surface area contributed by atoms with E-state index >= 15 is 0 Å². The molecule has 0 N–H and O–H groups in total. The molecule has 0 saturated carbocycles. The monoisotopic (exact) mass is 300 g/mol. The summed E-state index contributed by atoms with van der Waals surface area (Å²) in [7, 11) is 0. The van der Waals surface area contributed by atoms with E-state index in [1.807, 2.05) is 11.3 Å².